The number of aromatic nitrogens is 6. The Morgan fingerprint density at radius 1 is 1.04 bits per heavy atom. The zero-order chi connectivity index (χ0) is 31.6. The van der Waals surface area contributed by atoms with Crippen LogP contribution in [0.2, 0.25) is 0 Å². The van der Waals surface area contributed by atoms with Crippen LogP contribution in [-0.4, -0.2) is 48.1 Å². The Kier molecular flexibility index (Phi) is 8.83. The van der Waals surface area contributed by atoms with Crippen molar-refractivity contribution in [3.05, 3.63) is 88.7 Å². The summed E-state index contributed by atoms with van der Waals surface area (Å²) in [6, 6.07) is 7.19. The molecule has 0 radical (unpaired) electrons. The number of fused-ring (bicyclic) bond motifs is 1. The van der Waals surface area contributed by atoms with Crippen LogP contribution in [0, 0.1) is 11.7 Å². The summed E-state index contributed by atoms with van der Waals surface area (Å²) in [5.74, 6) is 9.10. The Morgan fingerprint density at radius 2 is 1.84 bits per heavy atom. The topological polar surface area (TPSA) is 95.2 Å². The fourth-order valence-corrected chi connectivity index (χ4v) is 6.60. The molecule has 4 heterocycles. The number of aromatic amines is 2. The number of halogens is 1. The van der Waals surface area contributed by atoms with Gasteiger partial charge in [0.25, 0.3) is 0 Å². The van der Waals surface area contributed by atoms with Crippen molar-refractivity contribution in [2.24, 2.45) is 5.92 Å². The maximum absolute atomic E-state index is 14.8. The van der Waals surface area contributed by atoms with Crippen molar-refractivity contribution < 1.29 is 4.39 Å². The van der Waals surface area contributed by atoms with Gasteiger partial charge in [-0.25, -0.2) is 9.37 Å². The molecule has 1 aromatic carbocycles. The number of allylic oxidation sites excluding steroid dienone is 1. The van der Waals surface area contributed by atoms with E-state index >= 15 is 0 Å². The predicted molar refractivity (Wildman–Crippen MR) is 189 cm³/mol. The van der Waals surface area contributed by atoms with Crippen LogP contribution in [0.15, 0.2) is 55.6 Å². The number of H-pyrrole nitrogens is 2. The van der Waals surface area contributed by atoms with Crippen molar-refractivity contribution in [2.75, 3.05) is 6.26 Å². The summed E-state index contributed by atoms with van der Waals surface area (Å²) in [6.45, 7) is 6.83. The van der Waals surface area contributed by atoms with E-state index in [4.69, 9.17) is 4.98 Å². The lowest BCUT2D eigenvalue weighted by Crippen LogP contribution is -2.23. The molecular weight excluding hydrogens is 582 g/mol. The van der Waals surface area contributed by atoms with Crippen LogP contribution in [0.4, 0.5) is 4.39 Å². The Labute approximate surface area is 264 Å². The van der Waals surface area contributed by atoms with E-state index in [0.29, 0.717) is 29.1 Å². The van der Waals surface area contributed by atoms with Gasteiger partial charge in [-0.1, -0.05) is 56.5 Å². The minimum absolute atomic E-state index is 0.329. The van der Waals surface area contributed by atoms with Crippen molar-refractivity contribution in [1.82, 2.24) is 34.9 Å². The minimum Gasteiger partial charge on any atom is -0.335 e. The van der Waals surface area contributed by atoms with Gasteiger partial charge in [-0.2, -0.15) is 14.5 Å². The Bertz CT molecular complexity index is 2100. The van der Waals surface area contributed by atoms with E-state index in [9.17, 15) is 4.39 Å². The van der Waals surface area contributed by atoms with Crippen molar-refractivity contribution in [3.8, 4) is 22.6 Å². The van der Waals surface area contributed by atoms with Gasteiger partial charge in [0, 0.05) is 35.9 Å². The molecule has 3 N–H and O–H groups in total. The summed E-state index contributed by atoms with van der Waals surface area (Å²) in [4.78, 5) is 17.3. The van der Waals surface area contributed by atoms with Gasteiger partial charge < -0.3 is 4.98 Å². The van der Waals surface area contributed by atoms with Crippen LogP contribution < -0.4 is 15.3 Å². The molecule has 7 nitrogen and oxygen atoms in total. The molecule has 1 aliphatic rings. The van der Waals surface area contributed by atoms with Crippen molar-refractivity contribution in [2.45, 2.75) is 52.0 Å². The first kappa shape index (κ1) is 30.7. The van der Waals surface area contributed by atoms with Crippen LogP contribution in [0.1, 0.15) is 55.7 Å². The van der Waals surface area contributed by atoms with Crippen LogP contribution in [0.25, 0.3) is 51.4 Å². The third-order valence-electron chi connectivity index (χ3n) is 8.37. The van der Waals surface area contributed by atoms with E-state index in [0.717, 1.165) is 50.7 Å². The van der Waals surface area contributed by atoms with Crippen LogP contribution in [0.3, 0.4) is 0 Å². The third kappa shape index (κ3) is 7.16. The number of benzene rings is 1. The van der Waals surface area contributed by atoms with Crippen molar-refractivity contribution in [1.29, 1.82) is 0 Å². The van der Waals surface area contributed by atoms with E-state index in [1.165, 1.54) is 49.8 Å². The molecule has 0 bridgehead atoms. The molecule has 9 heteroatoms. The monoisotopic (exact) mass is 621 g/mol. The van der Waals surface area contributed by atoms with Crippen molar-refractivity contribution in [3.63, 3.8) is 0 Å². The number of pyridine rings is 2. The van der Waals surface area contributed by atoms with Crippen LogP contribution in [-0.2, 0) is 13.0 Å². The fourth-order valence-electron chi connectivity index (χ4n) is 6.09. The van der Waals surface area contributed by atoms with Crippen LogP contribution >= 0.6 is 9.39 Å². The largest absolute Gasteiger partial charge is 0.335 e. The second kappa shape index (κ2) is 12.9. The molecule has 5 aromatic rings. The highest BCUT2D eigenvalue weighted by Gasteiger charge is 2.17. The van der Waals surface area contributed by atoms with E-state index in [-0.39, 0.29) is 5.82 Å². The number of hydrogen-bond acceptors (Lipinski definition) is 5. The normalized spacial score (nSPS) is 15.3. The molecule has 1 saturated carbocycles. The van der Waals surface area contributed by atoms with E-state index in [1.54, 1.807) is 12.4 Å². The minimum atomic E-state index is -1.44. The van der Waals surface area contributed by atoms with Gasteiger partial charge in [-0.3, -0.25) is 19.8 Å². The summed E-state index contributed by atoms with van der Waals surface area (Å²) < 4.78 is 18.1. The standard InChI is InChI=1S/C36H40FN7S/c1-6-32-30(12-23(2)28-15-25(18-38-20-28)13-24-10-8-7-9-11-24)35(44-43-32)36-41-33-22-39-21-31(34(33)42-36)27-14-26(16-29(37)17-27)19-40-45(3,4)5/h6,12,14-18,20-22,24,40,43H,2-4,7-11,13,19H2,1,5H3,(H,41,42)/b30-12+,32-6+. The zero-order valence-corrected chi connectivity index (χ0v) is 26.8. The molecule has 0 unspecified atom stereocenters. The Morgan fingerprint density at radius 3 is 2.62 bits per heavy atom. The fraction of sp³-hybridized carbons (Fsp3) is 0.278. The smallest absolute Gasteiger partial charge is 0.159 e. The second-order valence-electron chi connectivity index (χ2n) is 12.3. The highest BCUT2D eigenvalue weighted by Crippen LogP contribution is 2.30. The van der Waals surface area contributed by atoms with Gasteiger partial charge in [-0.05, 0) is 83.7 Å². The quantitative estimate of drug-likeness (QED) is 0.169. The molecule has 0 saturated heterocycles. The average molecular weight is 622 g/mol. The summed E-state index contributed by atoms with van der Waals surface area (Å²) >= 11 is 0. The number of hydrogen-bond donors (Lipinski definition) is 3. The lowest BCUT2D eigenvalue weighted by molar-refractivity contribution is 0.356. The van der Waals surface area contributed by atoms with Gasteiger partial charge >= 0.3 is 0 Å². The van der Waals surface area contributed by atoms with E-state index in [1.807, 2.05) is 43.8 Å². The highest BCUT2D eigenvalue weighted by atomic mass is 32.2. The molecule has 0 spiro atoms. The molecule has 1 aliphatic carbocycles. The van der Waals surface area contributed by atoms with Gasteiger partial charge in [0.1, 0.15) is 11.5 Å². The highest BCUT2D eigenvalue weighted by molar-refractivity contribution is 8.25. The molecule has 6 rings (SSSR count). The first-order chi connectivity index (χ1) is 21.7. The molecule has 0 amide bonds. The summed E-state index contributed by atoms with van der Waals surface area (Å²) in [6.07, 6.45) is 20.9. The number of rotatable bonds is 9. The van der Waals surface area contributed by atoms with Gasteiger partial charge in [0.2, 0.25) is 0 Å². The molecular formula is C36H40FN7S. The SMILES string of the molecule is C=C(/C=c1/c(-c2nc3c(-c4cc(F)cc(CNS(=C)(=C)C)c4)cncc3[nH]2)n[nH]/c1=C/C)c1cncc(CC2CCCCC2)c1. The zero-order valence-electron chi connectivity index (χ0n) is 26.0. The van der Waals surface area contributed by atoms with E-state index < -0.39 is 9.39 Å². The number of nitrogens with zero attached hydrogens (tertiary/aromatic N) is 4. The molecule has 4 aromatic heterocycles. The van der Waals surface area contributed by atoms with E-state index in [2.05, 4.69) is 54.3 Å². The lowest BCUT2D eigenvalue weighted by Gasteiger charge is -2.21. The maximum atomic E-state index is 14.8. The van der Waals surface area contributed by atoms with Gasteiger partial charge in [0.05, 0.1) is 22.6 Å². The molecule has 1 fully saturated rings. The Hall–Kier alpha value is -4.34. The summed E-state index contributed by atoms with van der Waals surface area (Å²) in [5, 5.41) is 9.52. The molecule has 0 atom stereocenters. The predicted octanol–water partition coefficient (Wildman–Crippen LogP) is 6.27. The summed E-state index contributed by atoms with van der Waals surface area (Å²) in [7, 11) is -1.44. The average Bonchev–Trinajstić information content (AvgIpc) is 3.64. The van der Waals surface area contributed by atoms with Crippen molar-refractivity contribution >= 4 is 49.9 Å². The van der Waals surface area contributed by atoms with Gasteiger partial charge in [0.15, 0.2) is 5.82 Å². The molecule has 232 valence electrons. The molecule has 0 aliphatic heterocycles. The van der Waals surface area contributed by atoms with Gasteiger partial charge in [-0.15, -0.1) is 0 Å². The second-order valence-corrected chi connectivity index (χ2v) is 15.1. The first-order valence-corrected chi connectivity index (χ1v) is 17.7. The maximum Gasteiger partial charge on any atom is 0.159 e. The lowest BCUT2D eigenvalue weighted by atomic mass is 9.85. The third-order valence-corrected chi connectivity index (χ3v) is 9.21. The first-order valence-electron chi connectivity index (χ1n) is 15.4. The van der Waals surface area contributed by atoms with Crippen LogP contribution in [0.5, 0.6) is 0 Å². The number of imidazole rings is 1. The Balaban J connectivity index is 1.35. The molecule has 45 heavy (non-hydrogen) atoms. The summed E-state index contributed by atoms with van der Waals surface area (Å²) in [5.41, 5.74) is 7.39. The number of nitrogens with one attached hydrogen (secondary N) is 3.